The van der Waals surface area contributed by atoms with Gasteiger partial charge >= 0.3 is 5.97 Å². The number of anilines is 1. The highest BCUT2D eigenvalue weighted by Crippen LogP contribution is 2.33. The minimum atomic E-state index is -1.17. The fourth-order valence-electron chi connectivity index (χ4n) is 2.88. The largest absolute Gasteiger partial charge is 0.477 e. The Hall–Kier alpha value is -2.88. The summed E-state index contributed by atoms with van der Waals surface area (Å²) in [4.78, 5) is 24.4. The summed E-state index contributed by atoms with van der Waals surface area (Å²) in [6.45, 7) is 3.27. The molecule has 0 unspecified atom stereocenters. The lowest BCUT2D eigenvalue weighted by Crippen LogP contribution is -2.29. The van der Waals surface area contributed by atoms with Crippen molar-refractivity contribution < 1.29 is 19.2 Å². The fraction of sp³-hybridized carbons (Fsp3) is 0.353. The molecule has 1 fully saturated rings. The third-order valence-corrected chi connectivity index (χ3v) is 4.97. The van der Waals surface area contributed by atoms with Crippen LogP contribution in [0.3, 0.4) is 0 Å². The molecule has 0 bridgehead atoms. The van der Waals surface area contributed by atoms with Crippen LogP contribution in [0.5, 0.6) is 0 Å². The Kier molecular flexibility index (Phi) is 5.75. The van der Waals surface area contributed by atoms with E-state index in [1.54, 1.807) is 13.0 Å². The lowest BCUT2D eigenvalue weighted by molar-refractivity contribution is -0.384. The molecule has 1 aliphatic rings. The molecule has 0 aliphatic carbocycles. The van der Waals surface area contributed by atoms with E-state index in [0.717, 1.165) is 49.8 Å². The highest BCUT2D eigenvalue weighted by Gasteiger charge is 2.20. The molecule has 2 heterocycles. The summed E-state index contributed by atoms with van der Waals surface area (Å²) in [6.07, 6.45) is 4.62. The third-order valence-electron chi connectivity index (χ3n) is 4.12. The van der Waals surface area contributed by atoms with Gasteiger partial charge in [-0.1, -0.05) is 0 Å². The standard InChI is InChI=1S/C17H18N4O5S/c1-11-18-19-17(26-11)27-15(16(22)23)10-12-9-13(21(24)25)5-6-14(12)20-7-3-2-4-8-20/h5-6,9-10H,2-4,7-8H2,1H3,(H,22,23)/b15-10+. The van der Waals surface area contributed by atoms with Gasteiger partial charge in [0.25, 0.3) is 10.9 Å². The molecule has 3 rings (SSSR count). The molecule has 0 amide bonds. The van der Waals surface area contributed by atoms with Gasteiger partial charge < -0.3 is 14.4 Å². The average Bonchev–Trinajstić information content (AvgIpc) is 3.06. The first-order chi connectivity index (χ1) is 12.9. The molecular weight excluding hydrogens is 372 g/mol. The number of thioether (sulfide) groups is 1. The van der Waals surface area contributed by atoms with Gasteiger partial charge in [0.2, 0.25) is 5.89 Å². The van der Waals surface area contributed by atoms with E-state index in [0.29, 0.717) is 11.5 Å². The minimum absolute atomic E-state index is 0.0580. The molecular formula is C17H18N4O5S. The SMILES string of the molecule is Cc1nnc(S/C(=C/c2cc([N+](=O)[O-])ccc2N2CCCCC2)C(=O)O)o1. The summed E-state index contributed by atoms with van der Waals surface area (Å²) in [6, 6.07) is 4.51. The van der Waals surface area contributed by atoms with E-state index in [1.807, 2.05) is 0 Å². The van der Waals surface area contributed by atoms with Crippen molar-refractivity contribution in [2.45, 2.75) is 31.4 Å². The number of nitro benzene ring substituents is 1. The maximum absolute atomic E-state index is 11.7. The molecule has 142 valence electrons. The number of nitro groups is 1. The Labute approximate surface area is 159 Å². The van der Waals surface area contributed by atoms with Crippen molar-refractivity contribution in [2.75, 3.05) is 18.0 Å². The number of aliphatic carboxylic acids is 1. The molecule has 27 heavy (non-hydrogen) atoms. The van der Waals surface area contributed by atoms with E-state index in [2.05, 4.69) is 15.1 Å². The topological polar surface area (TPSA) is 123 Å². The molecule has 0 radical (unpaired) electrons. The van der Waals surface area contributed by atoms with E-state index in [9.17, 15) is 20.0 Å². The van der Waals surface area contributed by atoms with Crippen molar-refractivity contribution in [3.05, 3.63) is 44.7 Å². The van der Waals surface area contributed by atoms with Gasteiger partial charge in [-0.25, -0.2) is 4.79 Å². The molecule has 1 aromatic carbocycles. The fourth-order valence-corrected chi connectivity index (χ4v) is 3.59. The van der Waals surface area contributed by atoms with E-state index >= 15 is 0 Å². The predicted octanol–water partition coefficient (Wildman–Crippen LogP) is 3.49. The summed E-state index contributed by atoms with van der Waals surface area (Å²) in [5.41, 5.74) is 1.17. The first kappa shape index (κ1) is 18.9. The molecule has 1 saturated heterocycles. The lowest BCUT2D eigenvalue weighted by atomic mass is 10.1. The van der Waals surface area contributed by atoms with Crippen LogP contribution < -0.4 is 4.90 Å². The van der Waals surface area contributed by atoms with E-state index < -0.39 is 10.9 Å². The quantitative estimate of drug-likeness (QED) is 0.341. The van der Waals surface area contributed by atoms with Crippen LogP contribution in [0, 0.1) is 17.0 Å². The Balaban J connectivity index is 2.01. The van der Waals surface area contributed by atoms with Crippen LogP contribution >= 0.6 is 11.8 Å². The second-order valence-corrected chi connectivity index (χ2v) is 7.04. The molecule has 2 aromatic rings. The maximum atomic E-state index is 11.7. The number of rotatable bonds is 6. The first-order valence-electron chi connectivity index (χ1n) is 8.40. The molecule has 1 aliphatic heterocycles. The molecule has 10 heteroatoms. The molecule has 0 saturated carbocycles. The van der Waals surface area contributed by atoms with Gasteiger partial charge in [-0.2, -0.15) is 0 Å². The number of hydrogen-bond acceptors (Lipinski definition) is 8. The summed E-state index contributed by atoms with van der Waals surface area (Å²) < 4.78 is 5.23. The van der Waals surface area contributed by atoms with Crippen LogP contribution in [0.1, 0.15) is 30.7 Å². The van der Waals surface area contributed by atoms with E-state index in [1.165, 1.54) is 18.2 Å². The highest BCUT2D eigenvalue weighted by molar-refractivity contribution is 8.03. The molecule has 9 nitrogen and oxygen atoms in total. The number of carboxylic acids is 1. The van der Waals surface area contributed by atoms with Gasteiger partial charge in [0, 0.05) is 43.4 Å². The number of aromatic nitrogens is 2. The first-order valence-corrected chi connectivity index (χ1v) is 9.22. The summed E-state index contributed by atoms with van der Waals surface area (Å²) >= 11 is 0.815. The number of carbonyl (C=O) groups is 1. The minimum Gasteiger partial charge on any atom is -0.477 e. The zero-order chi connectivity index (χ0) is 19.4. The molecule has 0 spiro atoms. The van der Waals surface area contributed by atoms with Crippen LogP contribution in [0.25, 0.3) is 6.08 Å². The molecule has 1 N–H and O–H groups in total. The van der Waals surface area contributed by atoms with Crippen LogP contribution in [0.4, 0.5) is 11.4 Å². The number of carboxylic acid groups (broad SMARTS) is 1. The monoisotopic (exact) mass is 390 g/mol. The van der Waals surface area contributed by atoms with Gasteiger partial charge in [-0.05, 0) is 43.2 Å². The number of non-ortho nitro benzene ring substituents is 1. The van der Waals surface area contributed by atoms with Crippen molar-refractivity contribution >= 4 is 35.2 Å². The van der Waals surface area contributed by atoms with Gasteiger partial charge in [-0.15, -0.1) is 10.2 Å². The van der Waals surface area contributed by atoms with E-state index in [4.69, 9.17) is 4.42 Å². The lowest BCUT2D eigenvalue weighted by Gasteiger charge is -2.30. The number of benzene rings is 1. The second-order valence-electron chi connectivity index (χ2n) is 6.05. The highest BCUT2D eigenvalue weighted by atomic mass is 32.2. The molecule has 1 aromatic heterocycles. The Morgan fingerprint density at radius 2 is 2.07 bits per heavy atom. The van der Waals surface area contributed by atoms with Crippen molar-refractivity contribution in [3.63, 3.8) is 0 Å². The van der Waals surface area contributed by atoms with Crippen LogP contribution in [-0.4, -0.2) is 39.3 Å². The molecule has 0 atom stereocenters. The zero-order valence-electron chi connectivity index (χ0n) is 14.6. The average molecular weight is 390 g/mol. The van der Waals surface area contributed by atoms with Gasteiger partial charge in [0.15, 0.2) is 0 Å². The van der Waals surface area contributed by atoms with Gasteiger partial charge in [0.05, 0.1) is 4.92 Å². The van der Waals surface area contributed by atoms with Crippen molar-refractivity contribution in [1.29, 1.82) is 0 Å². The number of nitrogens with zero attached hydrogens (tertiary/aromatic N) is 4. The number of hydrogen-bond donors (Lipinski definition) is 1. The smallest absolute Gasteiger partial charge is 0.342 e. The van der Waals surface area contributed by atoms with Crippen molar-refractivity contribution in [3.8, 4) is 0 Å². The summed E-state index contributed by atoms with van der Waals surface area (Å²) in [7, 11) is 0. The van der Waals surface area contributed by atoms with E-state index in [-0.39, 0.29) is 15.8 Å². The van der Waals surface area contributed by atoms with Crippen molar-refractivity contribution in [1.82, 2.24) is 10.2 Å². The number of piperidine rings is 1. The Morgan fingerprint density at radius 1 is 1.33 bits per heavy atom. The third kappa shape index (κ3) is 4.64. The van der Waals surface area contributed by atoms with Crippen LogP contribution in [-0.2, 0) is 4.79 Å². The van der Waals surface area contributed by atoms with Crippen molar-refractivity contribution in [2.24, 2.45) is 0 Å². The second kappa shape index (κ2) is 8.21. The number of aryl methyl sites for hydroxylation is 1. The maximum Gasteiger partial charge on any atom is 0.342 e. The van der Waals surface area contributed by atoms with Gasteiger partial charge in [0.1, 0.15) is 4.91 Å². The van der Waals surface area contributed by atoms with Crippen LogP contribution in [0.2, 0.25) is 0 Å². The normalized spacial score (nSPS) is 15.0. The Bertz CT molecular complexity index is 889. The summed E-state index contributed by atoms with van der Waals surface area (Å²) in [5.74, 6) is -0.849. The van der Waals surface area contributed by atoms with Gasteiger partial charge in [-0.3, -0.25) is 10.1 Å². The Morgan fingerprint density at radius 3 is 2.67 bits per heavy atom. The van der Waals surface area contributed by atoms with Crippen LogP contribution in [0.15, 0.2) is 32.7 Å². The summed E-state index contributed by atoms with van der Waals surface area (Å²) in [5, 5.41) is 28.3. The predicted molar refractivity (Wildman–Crippen MR) is 99.7 cm³/mol. The zero-order valence-corrected chi connectivity index (χ0v) is 15.4.